The maximum Gasteiger partial charge on any atom is 0.305 e. The smallest absolute Gasteiger partial charge is 0.305 e. The molecule has 0 aliphatic carbocycles. The van der Waals surface area contributed by atoms with E-state index in [-0.39, 0.29) is 12.1 Å². The molecule has 6 heteroatoms. The number of carbonyl (C=O) groups is 2. The molecule has 2 N–H and O–H groups in total. The second-order valence-corrected chi connectivity index (χ2v) is 7.35. The maximum absolute atomic E-state index is 12.8. The summed E-state index contributed by atoms with van der Waals surface area (Å²) in [4.78, 5) is 28.5. The van der Waals surface area contributed by atoms with Crippen molar-refractivity contribution in [3.8, 4) is 17.2 Å². The Balaban J connectivity index is 1.56. The summed E-state index contributed by atoms with van der Waals surface area (Å²) in [6.07, 6.45) is 1.37. The largest absolute Gasteiger partial charge is 0.481 e. The zero-order valence-corrected chi connectivity index (χ0v) is 17.0. The lowest BCUT2D eigenvalue weighted by atomic mass is 9.98. The van der Waals surface area contributed by atoms with Gasteiger partial charge in [-0.3, -0.25) is 14.6 Å². The lowest BCUT2D eigenvalue weighted by molar-refractivity contribution is -0.137. The molecule has 1 aromatic heterocycles. The van der Waals surface area contributed by atoms with Crippen LogP contribution >= 0.6 is 0 Å². The number of hydrogen-bond acceptors (Lipinski definition) is 4. The van der Waals surface area contributed by atoms with Crippen LogP contribution in [-0.2, 0) is 4.79 Å². The Bertz CT molecular complexity index is 1320. The van der Waals surface area contributed by atoms with Crippen molar-refractivity contribution in [2.45, 2.75) is 12.5 Å². The minimum absolute atomic E-state index is 0.230. The topological polar surface area (TPSA) is 103 Å². The predicted molar refractivity (Wildman–Crippen MR) is 121 cm³/mol. The van der Waals surface area contributed by atoms with E-state index < -0.39 is 17.9 Å². The monoisotopic (exact) mass is 421 g/mol. The molecule has 1 unspecified atom stereocenters. The van der Waals surface area contributed by atoms with E-state index in [0.29, 0.717) is 11.1 Å². The molecular formula is C26H19N3O3. The van der Waals surface area contributed by atoms with Crippen LogP contribution in [0.3, 0.4) is 0 Å². The first-order chi connectivity index (χ1) is 15.5. The molecule has 0 radical (unpaired) electrons. The average molecular weight is 421 g/mol. The number of carbonyl (C=O) groups excluding carboxylic acids is 1. The van der Waals surface area contributed by atoms with E-state index in [1.807, 2.05) is 48.5 Å². The molecule has 1 amide bonds. The number of nitriles is 1. The van der Waals surface area contributed by atoms with Crippen molar-refractivity contribution in [3.63, 3.8) is 0 Å². The van der Waals surface area contributed by atoms with E-state index in [9.17, 15) is 14.7 Å². The summed E-state index contributed by atoms with van der Waals surface area (Å²) in [5.41, 5.74) is 3.36. The molecule has 1 atom stereocenters. The van der Waals surface area contributed by atoms with E-state index in [2.05, 4.69) is 16.4 Å². The number of hydrogen-bond donors (Lipinski definition) is 2. The number of fused-ring (bicyclic) bond motifs is 1. The van der Waals surface area contributed by atoms with Gasteiger partial charge in [0.1, 0.15) is 5.69 Å². The van der Waals surface area contributed by atoms with E-state index in [4.69, 9.17) is 5.26 Å². The first-order valence-corrected chi connectivity index (χ1v) is 10.0. The zero-order valence-electron chi connectivity index (χ0n) is 17.0. The van der Waals surface area contributed by atoms with Gasteiger partial charge in [0.15, 0.2) is 0 Å². The number of nitrogens with zero attached hydrogens (tertiary/aromatic N) is 2. The summed E-state index contributed by atoms with van der Waals surface area (Å²) in [5, 5.41) is 22.9. The molecule has 6 nitrogen and oxygen atoms in total. The number of amides is 1. The minimum atomic E-state index is -1.02. The van der Waals surface area contributed by atoms with Crippen LogP contribution in [0.5, 0.6) is 0 Å². The minimum Gasteiger partial charge on any atom is -0.481 e. The third kappa shape index (κ3) is 4.63. The van der Waals surface area contributed by atoms with E-state index >= 15 is 0 Å². The highest BCUT2D eigenvalue weighted by molar-refractivity contribution is 5.96. The van der Waals surface area contributed by atoms with Gasteiger partial charge in [0.25, 0.3) is 5.91 Å². The molecule has 0 saturated carbocycles. The molecule has 1 heterocycles. The maximum atomic E-state index is 12.8. The van der Waals surface area contributed by atoms with Crippen molar-refractivity contribution in [1.29, 1.82) is 5.26 Å². The van der Waals surface area contributed by atoms with Crippen molar-refractivity contribution in [2.75, 3.05) is 0 Å². The van der Waals surface area contributed by atoms with Crippen molar-refractivity contribution in [3.05, 3.63) is 102 Å². The van der Waals surface area contributed by atoms with Gasteiger partial charge in [-0.05, 0) is 40.3 Å². The number of carboxylic acids is 1. The standard InChI is InChI=1S/C26H19N3O3/c27-15-17-5-7-18(8-6-17)19-9-11-20(12-10-19)23(14-25(30)31)29-26(32)24-13-21-3-1-2-4-22(21)16-28-24/h1-13,16,23H,14H2,(H,29,32)(H,30,31). The normalized spacial score (nSPS) is 11.5. The van der Waals surface area contributed by atoms with Gasteiger partial charge in [0, 0.05) is 11.6 Å². The van der Waals surface area contributed by atoms with Gasteiger partial charge in [-0.15, -0.1) is 0 Å². The highest BCUT2D eigenvalue weighted by Gasteiger charge is 2.20. The summed E-state index contributed by atoms with van der Waals surface area (Å²) in [6, 6.07) is 25.2. The summed E-state index contributed by atoms with van der Waals surface area (Å²) in [5.74, 6) is -1.45. The zero-order chi connectivity index (χ0) is 22.5. The number of nitrogens with one attached hydrogen (secondary N) is 1. The molecule has 0 aliphatic heterocycles. The number of pyridine rings is 1. The average Bonchev–Trinajstić information content (AvgIpc) is 2.83. The molecule has 0 spiro atoms. The molecule has 0 fully saturated rings. The first kappa shape index (κ1) is 20.8. The fourth-order valence-electron chi connectivity index (χ4n) is 3.51. The van der Waals surface area contributed by atoms with Crippen molar-refractivity contribution >= 4 is 22.6 Å². The Labute approximate surface area is 184 Å². The van der Waals surface area contributed by atoms with Crippen LogP contribution in [0.1, 0.15) is 34.1 Å². The van der Waals surface area contributed by atoms with Gasteiger partial charge < -0.3 is 10.4 Å². The van der Waals surface area contributed by atoms with Crippen molar-refractivity contribution in [1.82, 2.24) is 10.3 Å². The molecule has 32 heavy (non-hydrogen) atoms. The highest BCUT2D eigenvalue weighted by Crippen LogP contribution is 2.24. The molecule has 156 valence electrons. The Kier molecular flexibility index (Phi) is 5.91. The number of benzene rings is 3. The predicted octanol–water partition coefficient (Wildman–Crippen LogP) is 4.72. The lowest BCUT2D eigenvalue weighted by Gasteiger charge is -2.18. The SMILES string of the molecule is N#Cc1ccc(-c2ccc(C(CC(=O)O)NC(=O)c3cc4ccccc4cn3)cc2)cc1. The van der Waals surface area contributed by atoms with Gasteiger partial charge in [0.2, 0.25) is 0 Å². The fourth-order valence-corrected chi connectivity index (χ4v) is 3.51. The van der Waals surface area contributed by atoms with E-state index in [1.165, 1.54) is 0 Å². The van der Waals surface area contributed by atoms with E-state index in [1.54, 1.807) is 36.5 Å². The van der Waals surface area contributed by atoms with Gasteiger partial charge in [-0.1, -0.05) is 60.7 Å². The Morgan fingerprint density at radius 3 is 2.19 bits per heavy atom. The summed E-state index contributed by atoms with van der Waals surface area (Å²) in [6.45, 7) is 0. The van der Waals surface area contributed by atoms with Crippen molar-refractivity contribution in [2.24, 2.45) is 0 Å². The molecule has 0 aliphatic rings. The Hall–Kier alpha value is -4.50. The van der Waals surface area contributed by atoms with Crippen LogP contribution in [0, 0.1) is 11.3 Å². The van der Waals surface area contributed by atoms with Gasteiger partial charge in [-0.25, -0.2) is 0 Å². The second-order valence-electron chi connectivity index (χ2n) is 7.35. The number of aliphatic carboxylic acids is 1. The number of carboxylic acid groups (broad SMARTS) is 1. The third-order valence-electron chi connectivity index (χ3n) is 5.21. The summed E-state index contributed by atoms with van der Waals surface area (Å²) in [7, 11) is 0. The van der Waals surface area contributed by atoms with Crippen LogP contribution in [0.2, 0.25) is 0 Å². The quantitative estimate of drug-likeness (QED) is 0.469. The van der Waals surface area contributed by atoms with E-state index in [0.717, 1.165) is 21.9 Å². The van der Waals surface area contributed by atoms with Gasteiger partial charge >= 0.3 is 5.97 Å². The highest BCUT2D eigenvalue weighted by atomic mass is 16.4. The van der Waals surface area contributed by atoms with Gasteiger partial charge in [-0.2, -0.15) is 5.26 Å². The molecule has 0 bridgehead atoms. The fraction of sp³-hybridized carbons (Fsp3) is 0.0769. The molecule has 0 saturated heterocycles. The third-order valence-corrected chi connectivity index (χ3v) is 5.21. The van der Waals surface area contributed by atoms with Crippen LogP contribution in [-0.4, -0.2) is 22.0 Å². The molecule has 4 rings (SSSR count). The summed E-state index contributed by atoms with van der Waals surface area (Å²) < 4.78 is 0. The Morgan fingerprint density at radius 2 is 1.56 bits per heavy atom. The lowest BCUT2D eigenvalue weighted by Crippen LogP contribution is -2.30. The number of aromatic nitrogens is 1. The van der Waals surface area contributed by atoms with Crippen LogP contribution < -0.4 is 5.32 Å². The molecule has 4 aromatic rings. The molecular weight excluding hydrogens is 402 g/mol. The first-order valence-electron chi connectivity index (χ1n) is 10.0. The molecule has 3 aromatic carbocycles. The number of rotatable bonds is 6. The second kappa shape index (κ2) is 9.11. The van der Waals surface area contributed by atoms with Crippen molar-refractivity contribution < 1.29 is 14.7 Å². The Morgan fingerprint density at radius 1 is 0.938 bits per heavy atom. The van der Waals surface area contributed by atoms with Crippen LogP contribution in [0.4, 0.5) is 0 Å². The summed E-state index contributed by atoms with van der Waals surface area (Å²) >= 11 is 0. The van der Waals surface area contributed by atoms with Crippen LogP contribution in [0.25, 0.3) is 21.9 Å². The van der Waals surface area contributed by atoms with Crippen LogP contribution in [0.15, 0.2) is 85.1 Å². The van der Waals surface area contributed by atoms with Gasteiger partial charge in [0.05, 0.1) is 24.1 Å².